The van der Waals surface area contributed by atoms with Crippen LogP contribution in [0, 0.1) is 5.92 Å². The molecular weight excluding hydrogens is 248 g/mol. The van der Waals surface area contributed by atoms with Gasteiger partial charge in [0, 0.05) is 31.1 Å². The van der Waals surface area contributed by atoms with E-state index < -0.39 is 0 Å². The van der Waals surface area contributed by atoms with E-state index in [0.717, 1.165) is 25.4 Å². The van der Waals surface area contributed by atoms with Gasteiger partial charge in [-0.1, -0.05) is 30.3 Å². The maximum atomic E-state index is 12.3. The standard InChI is InChI=1S/C17H22N2O/c20-17(16-10-15(16)12-4-2-1-3-5-12)18-13-8-9-19(11-13)14-6-7-14/h1-5,13-16H,6-11H2,(H,18,20). The SMILES string of the molecule is O=C(NC1CCN(C2CC2)C1)C1CC1c1ccccc1. The number of carbonyl (C=O) groups is 1. The predicted octanol–water partition coefficient (Wildman–Crippen LogP) is 2.14. The highest BCUT2D eigenvalue weighted by Gasteiger charge is 2.45. The van der Waals surface area contributed by atoms with Gasteiger partial charge in [-0.25, -0.2) is 0 Å². The molecule has 20 heavy (non-hydrogen) atoms. The maximum Gasteiger partial charge on any atom is 0.224 e. The summed E-state index contributed by atoms with van der Waals surface area (Å²) in [5.41, 5.74) is 1.32. The fourth-order valence-electron chi connectivity index (χ4n) is 3.54. The van der Waals surface area contributed by atoms with Crippen LogP contribution in [0.2, 0.25) is 0 Å². The van der Waals surface area contributed by atoms with E-state index in [4.69, 9.17) is 0 Å². The minimum atomic E-state index is 0.215. The molecule has 2 aliphatic carbocycles. The second kappa shape index (κ2) is 4.88. The minimum absolute atomic E-state index is 0.215. The molecule has 3 unspecified atom stereocenters. The molecule has 1 amide bonds. The third kappa shape index (κ3) is 2.47. The molecule has 3 atom stereocenters. The summed E-state index contributed by atoms with van der Waals surface area (Å²) in [5, 5.41) is 3.27. The minimum Gasteiger partial charge on any atom is -0.352 e. The lowest BCUT2D eigenvalue weighted by atomic mass is 10.1. The average molecular weight is 270 g/mol. The van der Waals surface area contributed by atoms with E-state index in [1.807, 2.05) is 6.07 Å². The van der Waals surface area contributed by atoms with Gasteiger partial charge in [-0.3, -0.25) is 9.69 Å². The fraction of sp³-hybridized carbons (Fsp3) is 0.588. The van der Waals surface area contributed by atoms with E-state index in [9.17, 15) is 4.79 Å². The van der Waals surface area contributed by atoms with Gasteiger partial charge in [0.1, 0.15) is 0 Å². The Hall–Kier alpha value is -1.35. The van der Waals surface area contributed by atoms with Crippen molar-refractivity contribution >= 4 is 5.91 Å². The summed E-state index contributed by atoms with van der Waals surface area (Å²) in [7, 11) is 0. The highest BCUT2D eigenvalue weighted by molar-refractivity contribution is 5.83. The molecule has 3 aliphatic rings. The molecule has 0 spiro atoms. The third-order valence-corrected chi connectivity index (χ3v) is 4.98. The molecule has 1 N–H and O–H groups in total. The molecule has 1 aliphatic heterocycles. The van der Waals surface area contributed by atoms with Gasteiger partial charge in [0.15, 0.2) is 0 Å². The normalized spacial score (nSPS) is 33.1. The zero-order chi connectivity index (χ0) is 13.5. The number of likely N-dealkylation sites (tertiary alicyclic amines) is 1. The Morgan fingerprint density at radius 2 is 1.95 bits per heavy atom. The van der Waals surface area contributed by atoms with Crippen LogP contribution >= 0.6 is 0 Å². The summed E-state index contributed by atoms with van der Waals surface area (Å²) in [4.78, 5) is 14.9. The topological polar surface area (TPSA) is 32.3 Å². The Morgan fingerprint density at radius 1 is 1.15 bits per heavy atom. The monoisotopic (exact) mass is 270 g/mol. The lowest BCUT2D eigenvalue weighted by Gasteiger charge is -2.15. The first-order chi connectivity index (χ1) is 9.81. The Labute approximate surface area is 120 Å². The third-order valence-electron chi connectivity index (χ3n) is 4.98. The molecule has 106 valence electrons. The number of benzene rings is 1. The van der Waals surface area contributed by atoms with E-state index in [0.29, 0.717) is 12.0 Å². The van der Waals surface area contributed by atoms with Gasteiger partial charge in [-0.15, -0.1) is 0 Å². The first-order valence-corrected chi connectivity index (χ1v) is 7.90. The molecule has 1 aromatic carbocycles. The van der Waals surface area contributed by atoms with Crippen LogP contribution in [0.4, 0.5) is 0 Å². The summed E-state index contributed by atoms with van der Waals surface area (Å²) in [6.45, 7) is 2.24. The zero-order valence-electron chi connectivity index (χ0n) is 11.8. The lowest BCUT2D eigenvalue weighted by Crippen LogP contribution is -2.38. The summed E-state index contributed by atoms with van der Waals surface area (Å²) in [6, 6.07) is 11.7. The molecule has 0 aromatic heterocycles. The summed E-state index contributed by atoms with van der Waals surface area (Å²) in [5.74, 6) is 0.950. The Balaban J connectivity index is 1.29. The molecule has 1 aromatic rings. The molecule has 2 saturated carbocycles. The van der Waals surface area contributed by atoms with Crippen LogP contribution in [0.15, 0.2) is 30.3 Å². The van der Waals surface area contributed by atoms with E-state index in [2.05, 4.69) is 34.5 Å². The summed E-state index contributed by atoms with van der Waals surface area (Å²) >= 11 is 0. The Kier molecular flexibility index (Phi) is 3.03. The van der Waals surface area contributed by atoms with Crippen LogP contribution < -0.4 is 5.32 Å². The summed E-state index contributed by atoms with van der Waals surface area (Å²) < 4.78 is 0. The highest BCUT2D eigenvalue weighted by Crippen LogP contribution is 2.47. The first-order valence-electron chi connectivity index (χ1n) is 7.90. The number of hydrogen-bond acceptors (Lipinski definition) is 2. The smallest absolute Gasteiger partial charge is 0.224 e. The fourth-order valence-corrected chi connectivity index (χ4v) is 3.54. The molecule has 4 rings (SSSR count). The number of carbonyl (C=O) groups excluding carboxylic acids is 1. The summed E-state index contributed by atoms with van der Waals surface area (Å²) in [6.07, 6.45) is 4.87. The molecule has 0 radical (unpaired) electrons. The maximum absolute atomic E-state index is 12.3. The molecule has 3 heteroatoms. The largest absolute Gasteiger partial charge is 0.352 e. The van der Waals surface area contributed by atoms with Crippen molar-refractivity contribution < 1.29 is 4.79 Å². The van der Waals surface area contributed by atoms with Gasteiger partial charge < -0.3 is 5.32 Å². The number of rotatable bonds is 4. The number of nitrogens with one attached hydrogen (secondary N) is 1. The van der Waals surface area contributed by atoms with Gasteiger partial charge >= 0.3 is 0 Å². The van der Waals surface area contributed by atoms with Crippen molar-refractivity contribution in [3.05, 3.63) is 35.9 Å². The van der Waals surface area contributed by atoms with Gasteiger partial charge in [-0.05, 0) is 37.2 Å². The van der Waals surface area contributed by atoms with Crippen LogP contribution in [0.25, 0.3) is 0 Å². The average Bonchev–Trinajstić information content (AvgIpc) is 3.39. The van der Waals surface area contributed by atoms with Crippen LogP contribution in [-0.2, 0) is 4.79 Å². The Bertz CT molecular complexity index is 497. The van der Waals surface area contributed by atoms with E-state index in [1.165, 1.54) is 24.9 Å². The van der Waals surface area contributed by atoms with Crippen molar-refractivity contribution in [2.45, 2.75) is 43.7 Å². The molecule has 1 saturated heterocycles. The van der Waals surface area contributed by atoms with Gasteiger partial charge in [-0.2, -0.15) is 0 Å². The van der Waals surface area contributed by atoms with Crippen LogP contribution in [-0.4, -0.2) is 36.0 Å². The van der Waals surface area contributed by atoms with Crippen LogP contribution in [0.1, 0.15) is 37.2 Å². The highest BCUT2D eigenvalue weighted by atomic mass is 16.2. The van der Waals surface area contributed by atoms with Crippen molar-refractivity contribution in [1.82, 2.24) is 10.2 Å². The molecule has 3 fully saturated rings. The van der Waals surface area contributed by atoms with Crippen molar-refractivity contribution in [1.29, 1.82) is 0 Å². The molecule has 0 bridgehead atoms. The van der Waals surface area contributed by atoms with E-state index in [1.54, 1.807) is 0 Å². The predicted molar refractivity (Wildman–Crippen MR) is 78.4 cm³/mol. The quantitative estimate of drug-likeness (QED) is 0.909. The van der Waals surface area contributed by atoms with E-state index in [-0.39, 0.29) is 11.8 Å². The number of nitrogens with zero attached hydrogens (tertiary/aromatic N) is 1. The van der Waals surface area contributed by atoms with Gasteiger partial charge in [0.25, 0.3) is 0 Å². The first kappa shape index (κ1) is 12.4. The van der Waals surface area contributed by atoms with E-state index >= 15 is 0 Å². The number of amides is 1. The van der Waals surface area contributed by atoms with Gasteiger partial charge in [0.05, 0.1) is 0 Å². The molecule has 3 nitrogen and oxygen atoms in total. The van der Waals surface area contributed by atoms with Crippen LogP contribution in [0.3, 0.4) is 0 Å². The Morgan fingerprint density at radius 3 is 2.70 bits per heavy atom. The van der Waals surface area contributed by atoms with Crippen molar-refractivity contribution in [3.8, 4) is 0 Å². The van der Waals surface area contributed by atoms with Crippen LogP contribution in [0.5, 0.6) is 0 Å². The van der Waals surface area contributed by atoms with Crippen molar-refractivity contribution in [2.24, 2.45) is 5.92 Å². The lowest BCUT2D eigenvalue weighted by molar-refractivity contribution is -0.123. The van der Waals surface area contributed by atoms with Crippen molar-refractivity contribution in [2.75, 3.05) is 13.1 Å². The van der Waals surface area contributed by atoms with Crippen molar-refractivity contribution in [3.63, 3.8) is 0 Å². The van der Waals surface area contributed by atoms with Gasteiger partial charge in [0.2, 0.25) is 5.91 Å². The molecular formula is C17H22N2O. The second-order valence-electron chi connectivity index (χ2n) is 6.58. The second-order valence-corrected chi connectivity index (χ2v) is 6.58. The number of hydrogen-bond donors (Lipinski definition) is 1. The zero-order valence-corrected chi connectivity index (χ0v) is 11.8. The molecule has 1 heterocycles.